The van der Waals surface area contributed by atoms with Crippen LogP contribution in [-0.4, -0.2) is 86.1 Å². The maximum absolute atomic E-state index is 12.1. The van der Waals surface area contributed by atoms with Crippen molar-refractivity contribution >= 4 is 5.91 Å². The van der Waals surface area contributed by atoms with Gasteiger partial charge in [-0.3, -0.25) is 9.69 Å². The van der Waals surface area contributed by atoms with Crippen molar-refractivity contribution in [1.82, 2.24) is 20.0 Å². The second kappa shape index (κ2) is 5.80. The molecule has 2 saturated heterocycles. The zero-order valence-electron chi connectivity index (χ0n) is 11.0. The van der Waals surface area contributed by atoms with Crippen LogP contribution in [-0.2, 0) is 4.79 Å². The number of likely N-dealkylation sites (N-methyl/N-ethyl adjacent to an activating group) is 1. The van der Waals surface area contributed by atoms with E-state index < -0.39 is 0 Å². The average molecular weight is 240 g/mol. The molecule has 1 atom stereocenters. The Morgan fingerprint density at radius 2 is 1.94 bits per heavy atom. The third kappa shape index (κ3) is 3.40. The molecule has 2 heterocycles. The number of piperazine rings is 2. The maximum Gasteiger partial charge on any atom is 0.236 e. The van der Waals surface area contributed by atoms with Gasteiger partial charge in [0.15, 0.2) is 0 Å². The fourth-order valence-electron chi connectivity index (χ4n) is 2.47. The first-order chi connectivity index (χ1) is 8.16. The van der Waals surface area contributed by atoms with Crippen molar-refractivity contribution in [3.8, 4) is 0 Å². The molecule has 0 aromatic rings. The van der Waals surface area contributed by atoms with Crippen LogP contribution in [0.25, 0.3) is 0 Å². The normalized spacial score (nSPS) is 28.4. The van der Waals surface area contributed by atoms with E-state index in [2.05, 4.69) is 29.1 Å². The fourth-order valence-corrected chi connectivity index (χ4v) is 2.47. The van der Waals surface area contributed by atoms with Gasteiger partial charge in [-0.05, 0) is 14.0 Å². The zero-order valence-corrected chi connectivity index (χ0v) is 11.0. The first-order valence-electron chi connectivity index (χ1n) is 6.58. The molecule has 0 aromatic carbocycles. The lowest BCUT2D eigenvalue weighted by Gasteiger charge is -2.38. The number of carbonyl (C=O) groups excluding carboxylic acids is 1. The molecule has 2 aliphatic heterocycles. The van der Waals surface area contributed by atoms with Crippen LogP contribution < -0.4 is 5.32 Å². The van der Waals surface area contributed by atoms with E-state index in [-0.39, 0.29) is 0 Å². The Morgan fingerprint density at radius 1 is 1.24 bits per heavy atom. The third-order valence-corrected chi connectivity index (χ3v) is 3.87. The summed E-state index contributed by atoms with van der Waals surface area (Å²) in [7, 11) is 2.15. The Balaban J connectivity index is 1.78. The summed E-state index contributed by atoms with van der Waals surface area (Å²) in [5.74, 6) is 0.295. The SMILES string of the molecule is CC1CN(CC(=O)N2CCNCC2)CCN1C. The zero-order chi connectivity index (χ0) is 12.3. The molecule has 1 amide bonds. The largest absolute Gasteiger partial charge is 0.339 e. The molecule has 17 heavy (non-hydrogen) atoms. The topological polar surface area (TPSA) is 38.8 Å². The van der Waals surface area contributed by atoms with Crippen LogP contribution in [0, 0.1) is 0 Å². The van der Waals surface area contributed by atoms with Gasteiger partial charge in [0.25, 0.3) is 0 Å². The van der Waals surface area contributed by atoms with Crippen molar-refractivity contribution in [2.45, 2.75) is 13.0 Å². The van der Waals surface area contributed by atoms with Crippen molar-refractivity contribution < 1.29 is 4.79 Å². The number of amides is 1. The molecule has 5 nitrogen and oxygen atoms in total. The van der Waals surface area contributed by atoms with Crippen molar-refractivity contribution in [3.63, 3.8) is 0 Å². The van der Waals surface area contributed by atoms with Gasteiger partial charge in [-0.1, -0.05) is 0 Å². The highest BCUT2D eigenvalue weighted by Crippen LogP contribution is 2.07. The van der Waals surface area contributed by atoms with Crippen LogP contribution in [0.3, 0.4) is 0 Å². The molecule has 5 heteroatoms. The summed E-state index contributed by atoms with van der Waals surface area (Å²) in [6, 6.07) is 0.555. The summed E-state index contributed by atoms with van der Waals surface area (Å²) in [6.45, 7) is 9.50. The molecular weight excluding hydrogens is 216 g/mol. The molecule has 0 aromatic heterocycles. The first-order valence-corrected chi connectivity index (χ1v) is 6.58. The van der Waals surface area contributed by atoms with Gasteiger partial charge in [0, 0.05) is 51.9 Å². The lowest BCUT2D eigenvalue weighted by atomic mass is 10.2. The standard InChI is InChI=1S/C12H24N4O/c1-11-9-15(8-7-14(11)2)10-12(17)16-5-3-13-4-6-16/h11,13H,3-10H2,1-2H3. The number of nitrogens with one attached hydrogen (secondary N) is 1. The minimum atomic E-state index is 0.295. The van der Waals surface area contributed by atoms with Crippen molar-refractivity contribution in [2.75, 3.05) is 59.4 Å². The van der Waals surface area contributed by atoms with Gasteiger partial charge in [0.05, 0.1) is 6.54 Å². The molecule has 1 unspecified atom stereocenters. The predicted molar refractivity (Wildman–Crippen MR) is 68.0 cm³/mol. The number of hydrogen-bond donors (Lipinski definition) is 1. The first kappa shape index (κ1) is 12.8. The van der Waals surface area contributed by atoms with E-state index >= 15 is 0 Å². The summed E-state index contributed by atoms with van der Waals surface area (Å²) in [4.78, 5) is 18.7. The van der Waals surface area contributed by atoms with Gasteiger partial charge in [0.2, 0.25) is 5.91 Å². The van der Waals surface area contributed by atoms with E-state index in [9.17, 15) is 4.79 Å². The Labute approximate surface area is 104 Å². The lowest BCUT2D eigenvalue weighted by molar-refractivity contribution is -0.133. The molecule has 2 rings (SSSR count). The van der Waals surface area contributed by atoms with Crippen molar-refractivity contribution in [1.29, 1.82) is 0 Å². The third-order valence-electron chi connectivity index (χ3n) is 3.87. The number of hydrogen-bond acceptors (Lipinski definition) is 4. The molecule has 0 saturated carbocycles. The average Bonchev–Trinajstić information content (AvgIpc) is 2.35. The van der Waals surface area contributed by atoms with Gasteiger partial charge in [-0.25, -0.2) is 0 Å². The van der Waals surface area contributed by atoms with Crippen molar-refractivity contribution in [3.05, 3.63) is 0 Å². The summed E-state index contributed by atoms with van der Waals surface area (Å²) < 4.78 is 0. The van der Waals surface area contributed by atoms with Gasteiger partial charge >= 0.3 is 0 Å². The summed E-state index contributed by atoms with van der Waals surface area (Å²) in [5, 5.41) is 3.27. The second-order valence-electron chi connectivity index (χ2n) is 5.20. The predicted octanol–water partition coefficient (Wildman–Crippen LogP) is -0.946. The van der Waals surface area contributed by atoms with E-state index in [1.807, 2.05) is 4.90 Å². The van der Waals surface area contributed by atoms with Gasteiger partial charge in [0.1, 0.15) is 0 Å². The highest BCUT2D eigenvalue weighted by molar-refractivity contribution is 5.78. The molecule has 0 bridgehead atoms. The minimum absolute atomic E-state index is 0.295. The highest BCUT2D eigenvalue weighted by Gasteiger charge is 2.24. The Kier molecular flexibility index (Phi) is 4.36. The molecular formula is C12H24N4O. The summed E-state index contributed by atoms with van der Waals surface area (Å²) >= 11 is 0. The number of carbonyl (C=O) groups is 1. The van der Waals surface area contributed by atoms with E-state index in [0.29, 0.717) is 18.5 Å². The molecule has 0 radical (unpaired) electrons. The summed E-state index contributed by atoms with van der Waals surface area (Å²) in [6.07, 6.45) is 0. The fraction of sp³-hybridized carbons (Fsp3) is 0.917. The van der Waals surface area contributed by atoms with E-state index in [1.54, 1.807) is 0 Å². The van der Waals surface area contributed by atoms with Gasteiger partial charge < -0.3 is 15.1 Å². The smallest absolute Gasteiger partial charge is 0.236 e. The van der Waals surface area contributed by atoms with Gasteiger partial charge in [-0.2, -0.15) is 0 Å². The Morgan fingerprint density at radius 3 is 2.59 bits per heavy atom. The Bertz CT molecular complexity index is 265. The summed E-state index contributed by atoms with van der Waals surface area (Å²) in [5.41, 5.74) is 0. The lowest BCUT2D eigenvalue weighted by Crippen LogP contribution is -2.54. The molecule has 2 aliphatic rings. The second-order valence-corrected chi connectivity index (χ2v) is 5.20. The monoisotopic (exact) mass is 240 g/mol. The van der Waals surface area contributed by atoms with Crippen molar-refractivity contribution in [2.24, 2.45) is 0 Å². The van der Waals surface area contributed by atoms with Gasteiger partial charge in [-0.15, -0.1) is 0 Å². The number of rotatable bonds is 2. The van der Waals surface area contributed by atoms with Crippen LogP contribution in [0.1, 0.15) is 6.92 Å². The quantitative estimate of drug-likeness (QED) is 0.676. The van der Waals surface area contributed by atoms with Crippen LogP contribution in [0.5, 0.6) is 0 Å². The van der Waals surface area contributed by atoms with E-state index in [1.165, 1.54) is 0 Å². The number of nitrogens with zero attached hydrogens (tertiary/aromatic N) is 3. The maximum atomic E-state index is 12.1. The molecule has 0 aliphatic carbocycles. The highest BCUT2D eigenvalue weighted by atomic mass is 16.2. The van der Waals surface area contributed by atoms with Crippen LogP contribution in [0.4, 0.5) is 0 Å². The minimum Gasteiger partial charge on any atom is -0.339 e. The van der Waals surface area contributed by atoms with E-state index in [4.69, 9.17) is 0 Å². The van der Waals surface area contributed by atoms with E-state index in [0.717, 1.165) is 45.8 Å². The molecule has 98 valence electrons. The Hall–Kier alpha value is -0.650. The molecule has 1 N–H and O–H groups in total. The van der Waals surface area contributed by atoms with Crippen LogP contribution in [0.2, 0.25) is 0 Å². The molecule has 2 fully saturated rings. The molecule has 0 spiro atoms. The van der Waals surface area contributed by atoms with Crippen LogP contribution in [0.15, 0.2) is 0 Å². The van der Waals surface area contributed by atoms with Crippen LogP contribution >= 0.6 is 0 Å².